The molecule has 4 nitrogen and oxygen atoms in total. The van der Waals surface area contributed by atoms with Gasteiger partial charge in [0.15, 0.2) is 0 Å². The van der Waals surface area contributed by atoms with E-state index in [0.29, 0.717) is 18.0 Å². The fraction of sp³-hybridized carbons (Fsp3) is 0.333. The number of aryl methyl sites for hydroxylation is 2. The van der Waals surface area contributed by atoms with E-state index in [4.69, 9.17) is 4.74 Å². The summed E-state index contributed by atoms with van der Waals surface area (Å²) in [5, 5.41) is 18.1. The quantitative estimate of drug-likeness (QED) is 0.914. The molecule has 0 radical (unpaired) electrons. The fourth-order valence-corrected chi connectivity index (χ4v) is 2.09. The molecule has 0 fully saturated rings. The van der Waals surface area contributed by atoms with Crippen molar-refractivity contribution in [2.75, 3.05) is 7.11 Å². The van der Waals surface area contributed by atoms with Gasteiger partial charge >= 0.3 is 0 Å². The zero-order valence-electron chi connectivity index (χ0n) is 11.4. The van der Waals surface area contributed by atoms with Crippen LogP contribution >= 0.6 is 0 Å². The monoisotopic (exact) mass is 258 g/mol. The number of aliphatic hydroxyl groups is 1. The van der Waals surface area contributed by atoms with Gasteiger partial charge in [-0.25, -0.2) is 0 Å². The van der Waals surface area contributed by atoms with E-state index in [1.165, 1.54) is 18.2 Å². The molecule has 0 saturated heterocycles. The first-order valence-corrected chi connectivity index (χ1v) is 6.22. The summed E-state index contributed by atoms with van der Waals surface area (Å²) < 4.78 is 4.95. The first-order valence-electron chi connectivity index (χ1n) is 6.22. The Kier molecular flexibility index (Phi) is 4.12. The minimum atomic E-state index is -0.654. The lowest BCUT2D eigenvalue weighted by atomic mass is 9.96. The highest BCUT2D eigenvalue weighted by atomic mass is 16.5. The molecule has 100 valence electrons. The van der Waals surface area contributed by atoms with Gasteiger partial charge in [0.05, 0.1) is 12.8 Å². The molecular weight excluding hydrogens is 240 g/mol. The van der Waals surface area contributed by atoms with Crippen LogP contribution in [0.4, 0.5) is 0 Å². The molecule has 0 amide bonds. The van der Waals surface area contributed by atoms with Gasteiger partial charge in [-0.15, -0.1) is 10.2 Å². The third-order valence-corrected chi connectivity index (χ3v) is 3.25. The van der Waals surface area contributed by atoms with Crippen LogP contribution in [-0.2, 0) is 6.42 Å². The number of aromatic nitrogens is 2. The molecule has 19 heavy (non-hydrogen) atoms. The minimum Gasteiger partial charge on any atom is -0.480 e. The molecule has 2 aromatic rings. The van der Waals surface area contributed by atoms with Gasteiger partial charge < -0.3 is 9.84 Å². The van der Waals surface area contributed by atoms with Crippen LogP contribution in [0, 0.1) is 13.8 Å². The topological polar surface area (TPSA) is 55.2 Å². The second-order valence-electron chi connectivity index (χ2n) is 4.59. The molecule has 0 aliphatic rings. The molecule has 2 rings (SSSR count). The smallest absolute Gasteiger partial charge is 0.233 e. The Morgan fingerprint density at radius 3 is 2.32 bits per heavy atom. The van der Waals surface area contributed by atoms with Crippen molar-refractivity contribution in [3.8, 4) is 5.88 Å². The number of ether oxygens (including phenoxy) is 1. The molecule has 0 aliphatic carbocycles. The van der Waals surface area contributed by atoms with Crippen LogP contribution < -0.4 is 4.74 Å². The number of rotatable bonds is 4. The Balaban J connectivity index is 2.18. The van der Waals surface area contributed by atoms with Crippen molar-refractivity contribution in [3.63, 3.8) is 0 Å². The second-order valence-corrected chi connectivity index (χ2v) is 4.59. The van der Waals surface area contributed by atoms with E-state index in [0.717, 1.165) is 5.56 Å². The molecule has 1 N–H and O–H groups in total. The van der Waals surface area contributed by atoms with E-state index in [1.807, 2.05) is 6.07 Å². The Morgan fingerprint density at radius 1 is 1.11 bits per heavy atom. The highest BCUT2D eigenvalue weighted by Crippen LogP contribution is 2.22. The van der Waals surface area contributed by atoms with E-state index in [2.05, 4.69) is 36.2 Å². The SMILES string of the molecule is COc1ccc(C(O)Cc2c(C)cccc2C)nn1. The normalized spacial score (nSPS) is 12.2. The maximum atomic E-state index is 10.2. The van der Waals surface area contributed by atoms with Crippen LogP contribution in [0.1, 0.15) is 28.5 Å². The molecule has 0 aliphatic heterocycles. The van der Waals surface area contributed by atoms with Crippen molar-refractivity contribution in [1.82, 2.24) is 10.2 Å². The fourth-order valence-electron chi connectivity index (χ4n) is 2.09. The highest BCUT2D eigenvalue weighted by molar-refractivity contribution is 5.34. The zero-order chi connectivity index (χ0) is 13.8. The Morgan fingerprint density at radius 2 is 1.79 bits per heavy atom. The Hall–Kier alpha value is -1.94. The number of benzene rings is 1. The summed E-state index contributed by atoms with van der Waals surface area (Å²) in [5.74, 6) is 0.447. The van der Waals surface area contributed by atoms with Crippen LogP contribution in [0.2, 0.25) is 0 Å². The lowest BCUT2D eigenvalue weighted by molar-refractivity contribution is 0.171. The summed E-state index contributed by atoms with van der Waals surface area (Å²) in [6.07, 6.45) is -0.113. The first-order chi connectivity index (χ1) is 9.11. The standard InChI is InChI=1S/C15H18N2O2/c1-10-5-4-6-11(2)12(10)9-14(18)13-7-8-15(19-3)17-16-13/h4-8,14,18H,9H2,1-3H3. The van der Waals surface area contributed by atoms with Crippen LogP contribution in [-0.4, -0.2) is 22.4 Å². The minimum absolute atomic E-state index is 0.447. The molecule has 1 atom stereocenters. The summed E-state index contributed by atoms with van der Waals surface area (Å²) in [6, 6.07) is 9.57. The summed E-state index contributed by atoms with van der Waals surface area (Å²) >= 11 is 0. The van der Waals surface area contributed by atoms with E-state index in [1.54, 1.807) is 12.1 Å². The molecule has 1 unspecified atom stereocenters. The number of hydrogen-bond acceptors (Lipinski definition) is 4. The Labute approximate surface area is 113 Å². The van der Waals surface area contributed by atoms with E-state index in [-0.39, 0.29) is 0 Å². The molecular formula is C15H18N2O2. The maximum Gasteiger partial charge on any atom is 0.233 e. The van der Waals surface area contributed by atoms with Crippen molar-refractivity contribution in [2.24, 2.45) is 0 Å². The van der Waals surface area contributed by atoms with Gasteiger partial charge in [-0.1, -0.05) is 18.2 Å². The average molecular weight is 258 g/mol. The van der Waals surface area contributed by atoms with Crippen LogP contribution in [0.15, 0.2) is 30.3 Å². The molecule has 0 spiro atoms. The summed E-state index contributed by atoms with van der Waals surface area (Å²) in [4.78, 5) is 0. The van der Waals surface area contributed by atoms with Gasteiger partial charge in [-0.3, -0.25) is 0 Å². The third kappa shape index (κ3) is 3.09. The predicted octanol–water partition coefficient (Wildman–Crippen LogP) is 2.38. The van der Waals surface area contributed by atoms with Crippen molar-refractivity contribution >= 4 is 0 Å². The van der Waals surface area contributed by atoms with Crippen LogP contribution in [0.3, 0.4) is 0 Å². The number of hydrogen-bond donors (Lipinski definition) is 1. The lowest BCUT2D eigenvalue weighted by Crippen LogP contribution is -2.07. The molecule has 0 saturated carbocycles. The van der Waals surface area contributed by atoms with Gasteiger partial charge in [-0.05, 0) is 36.6 Å². The number of methoxy groups -OCH3 is 1. The Bertz CT molecular complexity index is 532. The van der Waals surface area contributed by atoms with E-state index < -0.39 is 6.10 Å². The molecule has 1 aromatic carbocycles. The predicted molar refractivity (Wildman–Crippen MR) is 73.2 cm³/mol. The van der Waals surface area contributed by atoms with Crippen molar-refractivity contribution in [1.29, 1.82) is 0 Å². The molecule has 1 aromatic heterocycles. The number of aliphatic hydroxyl groups excluding tert-OH is 1. The molecule has 1 heterocycles. The summed E-state index contributed by atoms with van der Waals surface area (Å²) in [5.41, 5.74) is 4.08. The van der Waals surface area contributed by atoms with Gasteiger partial charge in [0.1, 0.15) is 6.10 Å². The van der Waals surface area contributed by atoms with Gasteiger partial charge in [0.2, 0.25) is 5.88 Å². The average Bonchev–Trinajstić information content (AvgIpc) is 2.43. The van der Waals surface area contributed by atoms with Crippen molar-refractivity contribution < 1.29 is 9.84 Å². The van der Waals surface area contributed by atoms with Crippen molar-refractivity contribution in [2.45, 2.75) is 26.4 Å². The molecule has 0 bridgehead atoms. The maximum absolute atomic E-state index is 10.2. The van der Waals surface area contributed by atoms with Crippen molar-refractivity contribution in [3.05, 3.63) is 52.7 Å². The number of nitrogens with zero attached hydrogens (tertiary/aromatic N) is 2. The highest BCUT2D eigenvalue weighted by Gasteiger charge is 2.13. The van der Waals surface area contributed by atoms with Crippen LogP contribution in [0.25, 0.3) is 0 Å². The second kappa shape index (κ2) is 5.80. The third-order valence-electron chi connectivity index (χ3n) is 3.25. The summed E-state index contributed by atoms with van der Waals surface area (Å²) in [6.45, 7) is 4.10. The largest absolute Gasteiger partial charge is 0.480 e. The van der Waals surface area contributed by atoms with E-state index >= 15 is 0 Å². The van der Waals surface area contributed by atoms with Gasteiger partial charge in [0, 0.05) is 12.5 Å². The van der Waals surface area contributed by atoms with E-state index in [9.17, 15) is 5.11 Å². The van der Waals surface area contributed by atoms with Gasteiger partial charge in [0.25, 0.3) is 0 Å². The zero-order valence-corrected chi connectivity index (χ0v) is 11.4. The lowest BCUT2D eigenvalue weighted by Gasteiger charge is -2.14. The van der Waals surface area contributed by atoms with Crippen LogP contribution in [0.5, 0.6) is 5.88 Å². The summed E-state index contributed by atoms with van der Waals surface area (Å²) in [7, 11) is 1.54. The molecule has 4 heteroatoms. The first kappa shape index (κ1) is 13.5. The van der Waals surface area contributed by atoms with Gasteiger partial charge in [-0.2, -0.15) is 0 Å².